The van der Waals surface area contributed by atoms with Crippen LogP contribution in [0.5, 0.6) is 0 Å². The molecule has 0 aliphatic carbocycles. The van der Waals surface area contributed by atoms with E-state index in [9.17, 15) is 18.0 Å². The lowest BCUT2D eigenvalue weighted by molar-refractivity contribution is -0.123. The maximum Gasteiger partial charge on any atom is 0.253 e. The van der Waals surface area contributed by atoms with Crippen molar-refractivity contribution in [1.29, 1.82) is 0 Å². The Labute approximate surface area is 187 Å². The molecule has 31 heavy (non-hydrogen) atoms. The maximum atomic E-state index is 13.2. The Morgan fingerprint density at radius 3 is 2.61 bits per heavy atom. The molecule has 1 aliphatic rings. The van der Waals surface area contributed by atoms with Gasteiger partial charge >= 0.3 is 0 Å². The first kappa shape index (κ1) is 23.2. The van der Waals surface area contributed by atoms with Crippen LogP contribution < -0.4 is 11.1 Å². The van der Waals surface area contributed by atoms with E-state index in [0.29, 0.717) is 31.6 Å². The molecule has 8 nitrogen and oxygen atoms in total. The Hall–Kier alpha value is -2.43. The van der Waals surface area contributed by atoms with Crippen LogP contribution in [0.15, 0.2) is 35.2 Å². The van der Waals surface area contributed by atoms with E-state index >= 15 is 0 Å². The standard InChI is InChI=1S/C21H28N4O4S2/c1-14-6-7-18(30-14)12-23-17-9-16(10-19(11-17)31(28,29)24(2)3)21(27)25-8-4-5-15(13-25)20(22)26/h6-7,9-11,15,23H,4-5,8,12-13H2,1-3H3,(H2,22,26)/t15-/m0/s1. The number of hydrogen-bond donors (Lipinski definition) is 2. The van der Waals surface area contributed by atoms with E-state index in [1.54, 1.807) is 22.3 Å². The third kappa shape index (κ3) is 5.44. The van der Waals surface area contributed by atoms with Crippen LogP contribution in [0.25, 0.3) is 0 Å². The highest BCUT2D eigenvalue weighted by Gasteiger charge is 2.29. The molecule has 1 saturated heterocycles. The number of benzene rings is 1. The van der Waals surface area contributed by atoms with E-state index in [4.69, 9.17) is 5.73 Å². The second kappa shape index (κ2) is 9.37. The summed E-state index contributed by atoms with van der Waals surface area (Å²) >= 11 is 1.65. The first-order chi connectivity index (χ1) is 14.6. The second-order valence-corrected chi connectivity index (χ2v) is 11.4. The Morgan fingerprint density at radius 1 is 1.26 bits per heavy atom. The minimum atomic E-state index is -3.74. The summed E-state index contributed by atoms with van der Waals surface area (Å²) in [6.07, 6.45) is 1.33. The summed E-state index contributed by atoms with van der Waals surface area (Å²) in [5.74, 6) is -1.11. The molecule has 0 bridgehead atoms. The van der Waals surface area contributed by atoms with Crippen LogP contribution in [-0.2, 0) is 21.4 Å². The monoisotopic (exact) mass is 464 g/mol. The van der Waals surface area contributed by atoms with Crippen molar-refractivity contribution in [3.63, 3.8) is 0 Å². The highest BCUT2D eigenvalue weighted by molar-refractivity contribution is 7.89. The fourth-order valence-electron chi connectivity index (χ4n) is 3.53. The SMILES string of the molecule is Cc1ccc(CNc2cc(C(=O)N3CCC[C@H](C(N)=O)C3)cc(S(=O)(=O)N(C)C)c2)s1. The van der Waals surface area contributed by atoms with Crippen LogP contribution >= 0.6 is 11.3 Å². The molecular formula is C21H28N4O4S2. The quantitative estimate of drug-likeness (QED) is 0.653. The van der Waals surface area contributed by atoms with Gasteiger partial charge in [0.05, 0.1) is 10.8 Å². The number of amides is 2. The van der Waals surface area contributed by atoms with Gasteiger partial charge in [0.2, 0.25) is 15.9 Å². The van der Waals surface area contributed by atoms with Crippen molar-refractivity contribution in [2.75, 3.05) is 32.5 Å². The third-order valence-corrected chi connectivity index (χ3v) is 8.10. The number of nitrogens with one attached hydrogen (secondary N) is 1. The Bertz CT molecular complexity index is 1080. The molecule has 3 rings (SSSR count). The smallest absolute Gasteiger partial charge is 0.253 e. The number of nitrogens with two attached hydrogens (primary N) is 1. The van der Waals surface area contributed by atoms with Gasteiger partial charge in [-0.25, -0.2) is 12.7 Å². The van der Waals surface area contributed by atoms with Crippen molar-refractivity contribution in [2.45, 2.75) is 31.2 Å². The summed E-state index contributed by atoms with van der Waals surface area (Å²) in [6.45, 7) is 3.29. The van der Waals surface area contributed by atoms with Gasteiger partial charge in [-0.15, -0.1) is 11.3 Å². The van der Waals surface area contributed by atoms with E-state index in [-0.39, 0.29) is 28.8 Å². The van der Waals surface area contributed by atoms with Crippen LogP contribution in [0, 0.1) is 12.8 Å². The number of thiophene rings is 1. The van der Waals surface area contributed by atoms with Crippen LogP contribution in [-0.4, -0.2) is 56.6 Å². The van der Waals surface area contributed by atoms with Crippen molar-refractivity contribution in [2.24, 2.45) is 11.7 Å². The average Bonchev–Trinajstić information content (AvgIpc) is 3.16. The largest absolute Gasteiger partial charge is 0.380 e. The predicted octanol–water partition coefficient (Wildman–Crippen LogP) is 2.26. The number of anilines is 1. The second-order valence-electron chi connectivity index (χ2n) is 7.89. The number of nitrogens with zero attached hydrogens (tertiary/aromatic N) is 2. The number of piperidine rings is 1. The summed E-state index contributed by atoms with van der Waals surface area (Å²) in [5.41, 5.74) is 6.24. The van der Waals surface area contributed by atoms with Gasteiger partial charge in [0.25, 0.3) is 5.91 Å². The van der Waals surface area contributed by atoms with Gasteiger partial charge in [0, 0.05) is 54.7 Å². The number of carbonyl (C=O) groups is 2. The normalized spacial score (nSPS) is 17.0. The Morgan fingerprint density at radius 2 is 2.00 bits per heavy atom. The van der Waals surface area contributed by atoms with Gasteiger partial charge in [0.15, 0.2) is 0 Å². The summed E-state index contributed by atoms with van der Waals surface area (Å²) in [4.78, 5) is 28.7. The number of hydrogen-bond acceptors (Lipinski definition) is 6. The van der Waals surface area contributed by atoms with Crippen molar-refractivity contribution < 1.29 is 18.0 Å². The minimum Gasteiger partial charge on any atom is -0.380 e. The van der Waals surface area contributed by atoms with Gasteiger partial charge in [-0.2, -0.15) is 0 Å². The number of likely N-dealkylation sites (tertiary alicyclic amines) is 1. The van der Waals surface area contributed by atoms with Crippen LogP contribution in [0.1, 0.15) is 33.0 Å². The molecule has 0 radical (unpaired) electrons. The first-order valence-corrected chi connectivity index (χ1v) is 12.3. The molecule has 168 valence electrons. The van der Waals surface area contributed by atoms with Gasteiger partial charge in [-0.3, -0.25) is 9.59 Å². The van der Waals surface area contributed by atoms with Crippen molar-refractivity contribution in [3.8, 4) is 0 Å². The van der Waals surface area contributed by atoms with Gasteiger partial charge in [0.1, 0.15) is 0 Å². The molecule has 2 aromatic rings. The molecule has 1 aliphatic heterocycles. The number of aryl methyl sites for hydroxylation is 1. The zero-order valence-corrected chi connectivity index (χ0v) is 19.6. The summed E-state index contributed by atoms with van der Waals surface area (Å²) < 4.78 is 26.7. The van der Waals surface area contributed by atoms with Crippen LogP contribution in [0.4, 0.5) is 5.69 Å². The lowest BCUT2D eigenvalue weighted by Crippen LogP contribution is -2.44. The topological polar surface area (TPSA) is 113 Å². The molecule has 3 N–H and O–H groups in total. The molecule has 1 aromatic carbocycles. The minimum absolute atomic E-state index is 0.0386. The lowest BCUT2D eigenvalue weighted by atomic mass is 9.97. The number of carbonyl (C=O) groups excluding carboxylic acids is 2. The molecule has 0 saturated carbocycles. The fraction of sp³-hybridized carbons (Fsp3) is 0.429. The molecule has 1 atom stereocenters. The lowest BCUT2D eigenvalue weighted by Gasteiger charge is -2.31. The predicted molar refractivity (Wildman–Crippen MR) is 122 cm³/mol. The van der Waals surface area contributed by atoms with Gasteiger partial charge < -0.3 is 16.0 Å². The van der Waals surface area contributed by atoms with E-state index in [2.05, 4.69) is 5.32 Å². The van der Waals surface area contributed by atoms with E-state index in [1.165, 1.54) is 31.1 Å². The van der Waals surface area contributed by atoms with Gasteiger partial charge in [-0.05, 0) is 50.1 Å². The van der Waals surface area contributed by atoms with E-state index in [1.807, 2.05) is 19.1 Å². The van der Waals surface area contributed by atoms with Crippen molar-refractivity contribution in [1.82, 2.24) is 9.21 Å². The molecule has 1 fully saturated rings. The fourth-order valence-corrected chi connectivity index (χ4v) is 5.33. The van der Waals surface area contributed by atoms with Crippen molar-refractivity contribution >= 4 is 38.9 Å². The molecular weight excluding hydrogens is 436 g/mol. The number of sulfonamides is 1. The summed E-state index contributed by atoms with van der Waals surface area (Å²) in [6, 6.07) is 8.62. The number of primary amides is 1. The van der Waals surface area contributed by atoms with Crippen LogP contribution in [0.2, 0.25) is 0 Å². The zero-order chi connectivity index (χ0) is 22.8. The summed E-state index contributed by atoms with van der Waals surface area (Å²) in [7, 11) is -0.834. The molecule has 0 spiro atoms. The Balaban J connectivity index is 1.92. The zero-order valence-electron chi connectivity index (χ0n) is 17.9. The first-order valence-electron chi connectivity index (χ1n) is 10.0. The van der Waals surface area contributed by atoms with Crippen molar-refractivity contribution in [3.05, 3.63) is 45.6 Å². The maximum absolute atomic E-state index is 13.2. The highest BCUT2D eigenvalue weighted by Crippen LogP contribution is 2.25. The van der Waals surface area contributed by atoms with Crippen LogP contribution in [0.3, 0.4) is 0 Å². The third-order valence-electron chi connectivity index (χ3n) is 5.31. The molecule has 0 unspecified atom stereocenters. The molecule has 2 heterocycles. The summed E-state index contributed by atoms with van der Waals surface area (Å²) in [5, 5.41) is 3.23. The highest BCUT2D eigenvalue weighted by atomic mass is 32.2. The van der Waals surface area contributed by atoms with Gasteiger partial charge in [-0.1, -0.05) is 0 Å². The van der Waals surface area contributed by atoms with E-state index < -0.39 is 15.9 Å². The number of rotatable bonds is 7. The average molecular weight is 465 g/mol. The molecule has 1 aromatic heterocycles. The molecule has 10 heteroatoms. The Kier molecular flexibility index (Phi) is 7.03. The van der Waals surface area contributed by atoms with E-state index in [0.717, 1.165) is 9.18 Å². The molecule has 2 amide bonds.